The van der Waals surface area contributed by atoms with Crippen LogP contribution in [-0.2, 0) is 4.79 Å². The number of benzene rings is 1. The Morgan fingerprint density at radius 3 is 2.76 bits per heavy atom. The van der Waals surface area contributed by atoms with Crippen molar-refractivity contribution in [3.05, 3.63) is 34.1 Å². The first-order chi connectivity index (χ1) is 7.90. The van der Waals surface area contributed by atoms with E-state index in [-0.39, 0.29) is 12.2 Å². The first kappa shape index (κ1) is 12.9. The summed E-state index contributed by atoms with van der Waals surface area (Å²) in [5, 5.41) is 18.8. The molecule has 0 radical (unpaired) electrons. The number of carboxylic acid groups (broad SMARTS) is 1. The van der Waals surface area contributed by atoms with Gasteiger partial charge in [0, 0.05) is 12.1 Å². The van der Waals surface area contributed by atoms with Crippen LogP contribution in [0.1, 0.15) is 13.3 Å². The third-order valence-corrected chi connectivity index (χ3v) is 1.92. The van der Waals surface area contributed by atoms with Gasteiger partial charge in [-0.1, -0.05) is 0 Å². The molecule has 0 unspecified atom stereocenters. The van der Waals surface area contributed by atoms with Crippen molar-refractivity contribution in [1.82, 2.24) is 0 Å². The Morgan fingerprint density at radius 1 is 1.65 bits per heavy atom. The molecule has 0 heterocycles. The van der Waals surface area contributed by atoms with Crippen LogP contribution in [0.4, 0.5) is 10.1 Å². The van der Waals surface area contributed by atoms with Gasteiger partial charge in [0.1, 0.15) is 11.9 Å². The molecule has 0 aliphatic carbocycles. The quantitative estimate of drug-likeness (QED) is 0.630. The number of nitrogens with zero attached hydrogens (tertiary/aromatic N) is 1. The fourth-order valence-electron chi connectivity index (χ4n) is 1.23. The fraction of sp³-hybridized carbons (Fsp3) is 0.300. The Balaban J connectivity index is 2.77. The summed E-state index contributed by atoms with van der Waals surface area (Å²) >= 11 is 0. The van der Waals surface area contributed by atoms with Gasteiger partial charge in [0.15, 0.2) is 0 Å². The molecule has 1 aromatic carbocycles. The van der Waals surface area contributed by atoms with Crippen molar-refractivity contribution < 1.29 is 24.0 Å². The number of ether oxygens (including phenoxy) is 1. The molecule has 1 N–H and O–H groups in total. The van der Waals surface area contributed by atoms with E-state index < -0.39 is 28.5 Å². The molecule has 7 heteroatoms. The lowest BCUT2D eigenvalue weighted by Gasteiger charge is -2.12. The van der Waals surface area contributed by atoms with Gasteiger partial charge in [-0.05, 0) is 13.0 Å². The summed E-state index contributed by atoms with van der Waals surface area (Å²) in [6.07, 6.45) is -0.883. The predicted octanol–water partition coefficient (Wildman–Crippen LogP) is 1.98. The number of hydrogen-bond acceptors (Lipinski definition) is 4. The summed E-state index contributed by atoms with van der Waals surface area (Å²) in [5.74, 6) is -2.00. The number of hydrogen-bond donors (Lipinski definition) is 1. The molecule has 0 amide bonds. The number of rotatable bonds is 5. The molecule has 0 aromatic heterocycles. The van der Waals surface area contributed by atoms with Crippen molar-refractivity contribution in [1.29, 1.82) is 0 Å². The minimum atomic E-state index is -1.04. The standard InChI is InChI=1S/C10H10FNO5/c1-6(4-10(13)14)17-7-2-3-9(12(15)16)8(11)5-7/h2-3,5-6H,4H2,1H3,(H,13,14)/t6-/m0/s1. The van der Waals surface area contributed by atoms with E-state index in [9.17, 15) is 19.3 Å². The third kappa shape index (κ3) is 3.71. The third-order valence-electron chi connectivity index (χ3n) is 1.92. The second-order valence-corrected chi connectivity index (χ2v) is 3.40. The molecule has 6 nitrogen and oxygen atoms in total. The van der Waals surface area contributed by atoms with Gasteiger partial charge in [0.2, 0.25) is 5.82 Å². The maximum absolute atomic E-state index is 13.2. The van der Waals surface area contributed by atoms with Gasteiger partial charge in [0.25, 0.3) is 0 Å². The molecular weight excluding hydrogens is 233 g/mol. The van der Waals surface area contributed by atoms with Gasteiger partial charge in [0.05, 0.1) is 11.3 Å². The van der Waals surface area contributed by atoms with Crippen molar-refractivity contribution in [3.63, 3.8) is 0 Å². The summed E-state index contributed by atoms with van der Waals surface area (Å²) in [4.78, 5) is 19.9. The molecule has 0 fully saturated rings. The zero-order valence-corrected chi connectivity index (χ0v) is 8.92. The van der Waals surface area contributed by atoms with E-state index in [2.05, 4.69) is 0 Å². The highest BCUT2D eigenvalue weighted by molar-refractivity contribution is 5.67. The highest BCUT2D eigenvalue weighted by Gasteiger charge is 2.16. The molecule has 17 heavy (non-hydrogen) atoms. The van der Waals surface area contributed by atoms with Crippen LogP contribution in [-0.4, -0.2) is 22.1 Å². The number of halogens is 1. The Hall–Kier alpha value is -2.18. The molecule has 0 bridgehead atoms. The van der Waals surface area contributed by atoms with Gasteiger partial charge in [-0.15, -0.1) is 0 Å². The molecular formula is C10H10FNO5. The topological polar surface area (TPSA) is 89.7 Å². The van der Waals surface area contributed by atoms with Crippen molar-refractivity contribution in [3.8, 4) is 5.75 Å². The molecule has 0 aliphatic rings. The van der Waals surface area contributed by atoms with E-state index in [1.54, 1.807) is 0 Å². The van der Waals surface area contributed by atoms with Gasteiger partial charge in [-0.2, -0.15) is 4.39 Å². The SMILES string of the molecule is C[C@@H](CC(=O)O)Oc1ccc([N+](=O)[O-])c(F)c1. The molecule has 1 aromatic rings. The summed E-state index contributed by atoms with van der Waals surface area (Å²) in [7, 11) is 0. The highest BCUT2D eigenvalue weighted by atomic mass is 19.1. The van der Waals surface area contributed by atoms with Crippen LogP contribution in [0.25, 0.3) is 0 Å². The molecule has 0 aliphatic heterocycles. The monoisotopic (exact) mass is 243 g/mol. The second-order valence-electron chi connectivity index (χ2n) is 3.40. The molecule has 1 atom stereocenters. The van der Waals surface area contributed by atoms with E-state index in [4.69, 9.17) is 9.84 Å². The van der Waals surface area contributed by atoms with Crippen LogP contribution < -0.4 is 4.74 Å². The van der Waals surface area contributed by atoms with Crippen LogP contribution in [0.3, 0.4) is 0 Å². The normalized spacial score (nSPS) is 11.9. The number of carbonyl (C=O) groups is 1. The number of aliphatic carboxylic acids is 1. The number of nitro benzene ring substituents is 1. The first-order valence-electron chi connectivity index (χ1n) is 4.72. The minimum absolute atomic E-state index is 0.0573. The van der Waals surface area contributed by atoms with Crippen molar-refractivity contribution >= 4 is 11.7 Å². The zero-order chi connectivity index (χ0) is 13.0. The molecule has 0 saturated carbocycles. The average molecular weight is 243 g/mol. The van der Waals surface area contributed by atoms with E-state index in [0.29, 0.717) is 0 Å². The Morgan fingerprint density at radius 2 is 2.29 bits per heavy atom. The second kappa shape index (κ2) is 5.24. The van der Waals surface area contributed by atoms with Crippen LogP contribution in [0.5, 0.6) is 5.75 Å². The fourth-order valence-corrected chi connectivity index (χ4v) is 1.23. The Kier molecular flexibility index (Phi) is 3.97. The highest BCUT2D eigenvalue weighted by Crippen LogP contribution is 2.23. The lowest BCUT2D eigenvalue weighted by molar-refractivity contribution is -0.387. The Bertz CT molecular complexity index is 448. The summed E-state index contributed by atoms with van der Waals surface area (Å²) in [5.41, 5.74) is -0.650. The maximum Gasteiger partial charge on any atom is 0.307 e. The van der Waals surface area contributed by atoms with Crippen molar-refractivity contribution in [2.45, 2.75) is 19.4 Å². The van der Waals surface area contributed by atoms with Crippen LogP contribution in [0.2, 0.25) is 0 Å². The van der Waals surface area contributed by atoms with E-state index >= 15 is 0 Å². The number of carboxylic acids is 1. The van der Waals surface area contributed by atoms with Crippen molar-refractivity contribution in [2.75, 3.05) is 0 Å². The Labute approximate surface area is 95.8 Å². The lowest BCUT2D eigenvalue weighted by atomic mass is 10.2. The summed E-state index contributed by atoms with van der Waals surface area (Å²) in [6, 6.07) is 3.05. The van der Waals surface area contributed by atoms with Gasteiger partial charge < -0.3 is 9.84 Å². The molecule has 0 saturated heterocycles. The summed E-state index contributed by atoms with van der Waals surface area (Å²) < 4.78 is 18.3. The van der Waals surface area contributed by atoms with Gasteiger partial charge in [-0.3, -0.25) is 14.9 Å². The predicted molar refractivity (Wildman–Crippen MR) is 55.4 cm³/mol. The van der Waals surface area contributed by atoms with E-state index in [1.165, 1.54) is 13.0 Å². The zero-order valence-electron chi connectivity index (χ0n) is 8.92. The largest absolute Gasteiger partial charge is 0.490 e. The molecule has 92 valence electrons. The molecule has 0 spiro atoms. The van der Waals surface area contributed by atoms with Crippen LogP contribution in [0, 0.1) is 15.9 Å². The van der Waals surface area contributed by atoms with Crippen LogP contribution in [0.15, 0.2) is 18.2 Å². The average Bonchev–Trinajstić information content (AvgIpc) is 2.15. The minimum Gasteiger partial charge on any atom is -0.490 e. The van der Waals surface area contributed by atoms with Crippen molar-refractivity contribution in [2.24, 2.45) is 0 Å². The smallest absolute Gasteiger partial charge is 0.307 e. The first-order valence-corrected chi connectivity index (χ1v) is 4.72. The lowest BCUT2D eigenvalue weighted by Crippen LogP contribution is -2.16. The number of nitro groups is 1. The van der Waals surface area contributed by atoms with Gasteiger partial charge >= 0.3 is 11.7 Å². The summed E-state index contributed by atoms with van der Waals surface area (Å²) in [6.45, 7) is 1.51. The van der Waals surface area contributed by atoms with E-state index in [0.717, 1.165) is 12.1 Å². The molecule has 1 rings (SSSR count). The maximum atomic E-state index is 13.2. The van der Waals surface area contributed by atoms with Crippen LogP contribution >= 0.6 is 0 Å². The van der Waals surface area contributed by atoms with Gasteiger partial charge in [-0.25, -0.2) is 0 Å². The van der Waals surface area contributed by atoms with E-state index in [1.807, 2.05) is 0 Å².